The number of hydrogen-bond donors (Lipinski definition) is 0. The third kappa shape index (κ3) is 1.44. The highest BCUT2D eigenvalue weighted by Gasteiger charge is 2.44. The molecule has 1 aliphatic heterocycles. The predicted octanol–water partition coefficient (Wildman–Crippen LogP) is -0.269. The molecule has 0 aromatic rings. The topological polar surface area (TPSA) is 43.4 Å². The van der Waals surface area contributed by atoms with E-state index in [-0.39, 0.29) is 0 Å². The van der Waals surface area contributed by atoms with Crippen LogP contribution in [0.5, 0.6) is 0 Å². The molecule has 0 bridgehead atoms. The minimum atomic E-state index is -2.79. The lowest BCUT2D eigenvalue weighted by molar-refractivity contribution is -0.0950. The lowest BCUT2D eigenvalue weighted by Crippen LogP contribution is -2.56. The van der Waals surface area contributed by atoms with Crippen LogP contribution < -0.4 is 0 Å². The lowest BCUT2D eigenvalue weighted by atomic mass is 10.2. The monoisotopic (exact) mass is 156 g/mol. The van der Waals surface area contributed by atoms with Crippen LogP contribution in [0, 0.1) is 0 Å². The van der Waals surface area contributed by atoms with E-state index < -0.39 is 30.3 Å². The van der Waals surface area contributed by atoms with Crippen molar-refractivity contribution in [2.45, 2.75) is 5.92 Å². The first-order valence-electron chi connectivity index (χ1n) is 2.23. The molecule has 1 aliphatic rings. The van der Waals surface area contributed by atoms with Crippen molar-refractivity contribution in [3.8, 4) is 0 Å². The minimum Gasteiger partial charge on any atom is -0.760 e. The maximum absolute atomic E-state index is 11.8. The Kier molecular flexibility index (Phi) is 1.54. The first kappa shape index (κ1) is 7.04. The number of hydrogen-bond acceptors (Lipinski definition) is 2. The van der Waals surface area contributed by atoms with Crippen LogP contribution in [-0.4, -0.2) is 32.1 Å². The molecule has 1 unspecified atom stereocenters. The summed E-state index contributed by atoms with van der Waals surface area (Å²) in [4.78, 5) is 0. The second kappa shape index (κ2) is 1.96. The van der Waals surface area contributed by atoms with Gasteiger partial charge in [0.05, 0.1) is 13.1 Å². The molecule has 0 spiro atoms. The van der Waals surface area contributed by atoms with Gasteiger partial charge in [0.1, 0.15) is 0 Å². The van der Waals surface area contributed by atoms with Gasteiger partial charge < -0.3 is 4.55 Å². The summed E-state index contributed by atoms with van der Waals surface area (Å²) in [6.07, 6.45) is 0. The first-order chi connectivity index (χ1) is 4.01. The molecular weight excluding hydrogens is 152 g/mol. The van der Waals surface area contributed by atoms with Crippen LogP contribution in [-0.2, 0) is 11.3 Å². The third-order valence-corrected chi connectivity index (χ3v) is 1.71. The zero-order valence-corrected chi connectivity index (χ0v) is 5.16. The van der Waals surface area contributed by atoms with Crippen LogP contribution in [0.4, 0.5) is 8.78 Å². The average molecular weight is 156 g/mol. The fraction of sp³-hybridized carbons (Fsp3) is 1.00. The highest BCUT2D eigenvalue weighted by Crippen LogP contribution is 2.26. The molecule has 0 N–H and O–H groups in total. The molecule has 0 amide bonds. The fourth-order valence-electron chi connectivity index (χ4n) is 0.575. The summed E-state index contributed by atoms with van der Waals surface area (Å²) in [6.45, 7) is -1.33. The molecule has 1 saturated heterocycles. The normalized spacial score (nSPS) is 29.2. The molecule has 1 rings (SSSR count). The van der Waals surface area contributed by atoms with E-state index in [0.717, 1.165) is 0 Å². The van der Waals surface area contributed by atoms with Crippen molar-refractivity contribution in [2.75, 3.05) is 13.1 Å². The molecule has 9 heavy (non-hydrogen) atoms. The molecule has 1 fully saturated rings. The van der Waals surface area contributed by atoms with Gasteiger partial charge in [-0.15, -0.1) is 0 Å². The molecule has 6 heteroatoms. The predicted molar refractivity (Wildman–Crippen MR) is 25.4 cm³/mol. The molecule has 0 aromatic carbocycles. The molecule has 0 saturated carbocycles. The summed E-state index contributed by atoms with van der Waals surface area (Å²) >= 11 is -2.47. The van der Waals surface area contributed by atoms with Gasteiger partial charge in [-0.3, -0.25) is 4.21 Å². The van der Waals surface area contributed by atoms with E-state index in [1.54, 1.807) is 0 Å². The summed E-state index contributed by atoms with van der Waals surface area (Å²) in [5.41, 5.74) is 0. The van der Waals surface area contributed by atoms with Gasteiger partial charge in [-0.05, 0) is 0 Å². The Morgan fingerprint density at radius 3 is 2.11 bits per heavy atom. The molecule has 0 aromatic heterocycles. The van der Waals surface area contributed by atoms with Crippen LogP contribution >= 0.6 is 0 Å². The standard InChI is InChI=1S/C3H5F2NO2S/c4-3(5)1-6(2-3)9(7)8/h1-2H2,(H,7,8)/p-1. The number of rotatable bonds is 1. The number of halogens is 2. The van der Waals surface area contributed by atoms with E-state index in [4.69, 9.17) is 0 Å². The maximum Gasteiger partial charge on any atom is 0.274 e. The number of nitrogens with zero attached hydrogens (tertiary/aromatic N) is 1. The van der Waals surface area contributed by atoms with E-state index in [0.29, 0.717) is 4.31 Å². The van der Waals surface area contributed by atoms with E-state index in [2.05, 4.69) is 0 Å². The molecule has 3 nitrogen and oxygen atoms in total. The second-order valence-corrected chi connectivity index (χ2v) is 2.82. The van der Waals surface area contributed by atoms with Crippen molar-refractivity contribution >= 4 is 11.3 Å². The lowest BCUT2D eigenvalue weighted by Gasteiger charge is -2.38. The largest absolute Gasteiger partial charge is 0.760 e. The molecule has 0 aliphatic carbocycles. The Hall–Kier alpha value is -0.0700. The Labute approximate surface area is 53.1 Å². The van der Waals surface area contributed by atoms with Gasteiger partial charge in [0, 0.05) is 11.3 Å². The third-order valence-electron chi connectivity index (χ3n) is 1.03. The van der Waals surface area contributed by atoms with E-state index in [1.807, 2.05) is 0 Å². The zero-order chi connectivity index (χ0) is 7.07. The highest BCUT2D eigenvalue weighted by atomic mass is 32.2. The molecule has 1 heterocycles. The van der Waals surface area contributed by atoms with Gasteiger partial charge in [-0.1, -0.05) is 0 Å². The average Bonchev–Trinajstić information content (AvgIpc) is 1.59. The summed E-state index contributed by atoms with van der Waals surface area (Å²) in [5.74, 6) is -2.79. The van der Waals surface area contributed by atoms with Crippen molar-refractivity contribution in [1.82, 2.24) is 4.31 Å². The molecule has 54 valence electrons. The van der Waals surface area contributed by atoms with Crippen molar-refractivity contribution in [1.29, 1.82) is 0 Å². The van der Waals surface area contributed by atoms with Crippen molar-refractivity contribution in [3.63, 3.8) is 0 Å². The summed E-state index contributed by atoms with van der Waals surface area (Å²) in [6, 6.07) is 0. The van der Waals surface area contributed by atoms with Crippen molar-refractivity contribution in [3.05, 3.63) is 0 Å². The van der Waals surface area contributed by atoms with Gasteiger partial charge in [0.25, 0.3) is 5.92 Å². The van der Waals surface area contributed by atoms with E-state index >= 15 is 0 Å². The van der Waals surface area contributed by atoms with Crippen LogP contribution in [0.15, 0.2) is 0 Å². The smallest absolute Gasteiger partial charge is 0.274 e. The minimum absolute atomic E-state index is 0.664. The van der Waals surface area contributed by atoms with Gasteiger partial charge in [0.15, 0.2) is 0 Å². The van der Waals surface area contributed by atoms with Crippen molar-refractivity contribution in [2.24, 2.45) is 0 Å². The number of alkyl halides is 2. The quantitative estimate of drug-likeness (QED) is 0.490. The maximum atomic E-state index is 11.8. The highest BCUT2D eigenvalue weighted by molar-refractivity contribution is 7.76. The zero-order valence-electron chi connectivity index (χ0n) is 4.34. The van der Waals surface area contributed by atoms with Crippen LogP contribution in [0.3, 0.4) is 0 Å². The SMILES string of the molecule is O=S([O-])N1CC(F)(F)C1. The Morgan fingerprint density at radius 2 is 2.00 bits per heavy atom. The fourth-order valence-corrected chi connectivity index (χ4v) is 1.16. The van der Waals surface area contributed by atoms with Crippen LogP contribution in [0.2, 0.25) is 0 Å². The van der Waals surface area contributed by atoms with Gasteiger partial charge in [-0.2, -0.15) is 0 Å². The Balaban J connectivity index is 2.35. The van der Waals surface area contributed by atoms with Gasteiger partial charge >= 0.3 is 0 Å². The summed E-state index contributed by atoms with van der Waals surface area (Å²) < 4.78 is 44.1. The molecule has 1 atom stereocenters. The summed E-state index contributed by atoms with van der Waals surface area (Å²) in [5, 5.41) is 0. The molecular formula is C3H4F2NO2S-. The van der Waals surface area contributed by atoms with Gasteiger partial charge in [-0.25, -0.2) is 13.1 Å². The van der Waals surface area contributed by atoms with E-state index in [9.17, 15) is 17.5 Å². The Bertz CT molecular complexity index is 143. The Morgan fingerprint density at radius 1 is 1.56 bits per heavy atom. The van der Waals surface area contributed by atoms with Gasteiger partial charge in [0.2, 0.25) is 0 Å². The van der Waals surface area contributed by atoms with E-state index in [1.165, 1.54) is 0 Å². The summed E-state index contributed by atoms with van der Waals surface area (Å²) in [7, 11) is 0. The first-order valence-corrected chi connectivity index (χ1v) is 3.27. The molecule has 0 radical (unpaired) electrons. The van der Waals surface area contributed by atoms with Crippen molar-refractivity contribution < 1.29 is 17.5 Å². The van der Waals surface area contributed by atoms with Crippen LogP contribution in [0.25, 0.3) is 0 Å². The second-order valence-electron chi connectivity index (χ2n) is 1.87. The van der Waals surface area contributed by atoms with Crippen LogP contribution in [0.1, 0.15) is 0 Å².